The number of carbonyl (C=O) groups excluding carboxylic acids is 2. The van der Waals surface area contributed by atoms with Gasteiger partial charge in [0.15, 0.2) is 0 Å². The zero-order valence-electron chi connectivity index (χ0n) is 24.8. The maximum atomic E-state index is 12.9. The van der Waals surface area contributed by atoms with Gasteiger partial charge in [0, 0.05) is 34.9 Å². The second-order valence-corrected chi connectivity index (χ2v) is 13.0. The number of piperidine rings is 2. The van der Waals surface area contributed by atoms with Gasteiger partial charge < -0.3 is 15.0 Å². The molecule has 2 N–H and O–H groups in total. The molecular formula is C31H29ClF3N7O4. The summed E-state index contributed by atoms with van der Waals surface area (Å²) in [5, 5.41) is 26.5. The number of hydrogen-bond donors (Lipinski definition) is 2. The number of carbonyl (C=O) groups is 3. The summed E-state index contributed by atoms with van der Waals surface area (Å²) in [5.74, 6) is -3.35. The largest absolute Gasteiger partial charge is 0.490 e. The Hall–Kier alpha value is -4.48. The van der Waals surface area contributed by atoms with Crippen LogP contribution in [0.4, 0.5) is 13.2 Å². The summed E-state index contributed by atoms with van der Waals surface area (Å²) in [6.45, 7) is 6.40. The number of fused-ring (bicyclic) bond motifs is 3. The Balaban J connectivity index is 0.000000480. The summed E-state index contributed by atoms with van der Waals surface area (Å²) in [6.07, 6.45) is 1.86. The normalized spacial score (nSPS) is 21.5. The summed E-state index contributed by atoms with van der Waals surface area (Å²) in [7, 11) is 0. The van der Waals surface area contributed by atoms with E-state index in [4.69, 9.17) is 21.5 Å². The summed E-state index contributed by atoms with van der Waals surface area (Å²) in [6, 6.07) is 10.4. The van der Waals surface area contributed by atoms with Gasteiger partial charge in [-0.15, -0.1) is 0 Å². The lowest BCUT2D eigenvalue weighted by atomic mass is 9.80. The smallest absolute Gasteiger partial charge is 0.475 e. The number of carboxylic acid groups (broad SMARTS) is 1. The molecule has 4 aromatic rings. The van der Waals surface area contributed by atoms with Crippen molar-refractivity contribution >= 4 is 45.8 Å². The molecule has 7 rings (SSSR count). The van der Waals surface area contributed by atoms with Crippen molar-refractivity contribution in [2.75, 3.05) is 13.1 Å². The molecule has 2 atom stereocenters. The van der Waals surface area contributed by atoms with Gasteiger partial charge in [-0.3, -0.25) is 14.5 Å². The third-order valence-electron chi connectivity index (χ3n) is 9.29. The van der Waals surface area contributed by atoms with E-state index in [-0.39, 0.29) is 35.6 Å². The zero-order chi connectivity index (χ0) is 33.2. The van der Waals surface area contributed by atoms with Crippen LogP contribution in [0, 0.1) is 34.0 Å². The third kappa shape index (κ3) is 5.37. The van der Waals surface area contributed by atoms with E-state index in [2.05, 4.69) is 26.0 Å². The molecule has 15 heteroatoms. The number of nitrogens with one attached hydrogen (secondary N) is 1. The van der Waals surface area contributed by atoms with E-state index < -0.39 is 17.6 Å². The molecule has 2 amide bonds. The molecule has 2 aliphatic heterocycles. The first-order valence-electron chi connectivity index (χ1n) is 14.6. The van der Waals surface area contributed by atoms with Crippen molar-refractivity contribution in [3.8, 4) is 17.3 Å². The average Bonchev–Trinajstić information content (AvgIpc) is 3.33. The summed E-state index contributed by atoms with van der Waals surface area (Å²) in [5.41, 5.74) is 3.39. The van der Waals surface area contributed by atoms with Crippen LogP contribution < -0.4 is 5.32 Å². The SMILES string of the molecule is CC1(C)C2C(=O)N(Cc3cc4c(-c5cc(Cl)cc6ccn(CC7(C#N)CCNCC7)c56)ncnn4c3)C(=O)C21.O=C(O)C(F)(F)F. The molecule has 1 saturated carbocycles. The summed E-state index contributed by atoms with van der Waals surface area (Å²) >= 11 is 6.57. The van der Waals surface area contributed by atoms with Crippen LogP contribution in [-0.4, -0.2) is 66.2 Å². The lowest BCUT2D eigenvalue weighted by Gasteiger charge is -2.32. The van der Waals surface area contributed by atoms with Crippen LogP contribution in [0.25, 0.3) is 27.7 Å². The molecule has 0 spiro atoms. The summed E-state index contributed by atoms with van der Waals surface area (Å²) in [4.78, 5) is 40.8. The number of amides is 2. The van der Waals surface area contributed by atoms with E-state index in [1.807, 2.05) is 50.5 Å². The Bertz CT molecular complexity index is 1910. The first-order chi connectivity index (χ1) is 21.7. The fraction of sp³-hybridized carbons (Fsp3) is 0.419. The lowest BCUT2D eigenvalue weighted by molar-refractivity contribution is -0.192. The minimum absolute atomic E-state index is 0.0877. The fourth-order valence-corrected chi connectivity index (χ4v) is 7.01. The number of aromatic nitrogens is 4. The number of halogens is 4. The van der Waals surface area contributed by atoms with Crippen molar-refractivity contribution < 1.29 is 32.7 Å². The van der Waals surface area contributed by atoms with E-state index in [0.29, 0.717) is 17.3 Å². The minimum atomic E-state index is -5.08. The van der Waals surface area contributed by atoms with Crippen molar-refractivity contribution in [3.05, 3.63) is 53.6 Å². The van der Waals surface area contributed by atoms with Gasteiger partial charge in [-0.05, 0) is 61.2 Å². The highest BCUT2D eigenvalue weighted by atomic mass is 35.5. The minimum Gasteiger partial charge on any atom is -0.475 e. The monoisotopic (exact) mass is 655 g/mol. The van der Waals surface area contributed by atoms with Gasteiger partial charge in [-0.25, -0.2) is 14.3 Å². The van der Waals surface area contributed by atoms with Crippen molar-refractivity contribution in [1.29, 1.82) is 5.26 Å². The lowest BCUT2D eigenvalue weighted by Crippen LogP contribution is -2.38. The quantitative estimate of drug-likeness (QED) is 0.295. The number of nitriles is 1. The maximum Gasteiger partial charge on any atom is 0.490 e. The number of hydrogen-bond acceptors (Lipinski definition) is 7. The van der Waals surface area contributed by atoms with Crippen LogP contribution in [0.5, 0.6) is 0 Å². The fourth-order valence-electron chi connectivity index (χ4n) is 6.78. The van der Waals surface area contributed by atoms with E-state index >= 15 is 0 Å². The van der Waals surface area contributed by atoms with Crippen molar-refractivity contribution in [1.82, 2.24) is 29.4 Å². The van der Waals surface area contributed by atoms with E-state index in [1.165, 1.54) is 11.2 Å². The molecular weight excluding hydrogens is 627 g/mol. The molecule has 5 heterocycles. The Kier molecular flexibility index (Phi) is 7.60. The number of rotatable bonds is 5. The van der Waals surface area contributed by atoms with Crippen LogP contribution >= 0.6 is 11.6 Å². The second-order valence-electron chi connectivity index (χ2n) is 12.6. The van der Waals surface area contributed by atoms with E-state index in [1.54, 1.807) is 4.52 Å². The first-order valence-corrected chi connectivity index (χ1v) is 14.9. The highest BCUT2D eigenvalue weighted by Gasteiger charge is 2.72. The number of carboxylic acids is 1. The molecule has 3 aromatic heterocycles. The number of likely N-dealkylation sites (tertiary alicyclic amines) is 1. The Morgan fingerprint density at radius 1 is 1.17 bits per heavy atom. The van der Waals surface area contributed by atoms with Gasteiger partial charge in [-0.2, -0.15) is 23.5 Å². The van der Waals surface area contributed by atoms with Gasteiger partial charge in [-0.1, -0.05) is 25.4 Å². The van der Waals surface area contributed by atoms with Gasteiger partial charge in [0.1, 0.15) is 6.33 Å². The molecule has 1 aromatic carbocycles. The van der Waals surface area contributed by atoms with Gasteiger partial charge in [0.25, 0.3) is 0 Å². The molecule has 46 heavy (non-hydrogen) atoms. The number of nitrogens with zero attached hydrogens (tertiary/aromatic N) is 6. The predicted octanol–water partition coefficient (Wildman–Crippen LogP) is 4.67. The number of imide groups is 1. The Morgan fingerprint density at radius 3 is 2.43 bits per heavy atom. The highest BCUT2D eigenvalue weighted by Crippen LogP contribution is 2.63. The van der Waals surface area contributed by atoms with Crippen LogP contribution in [0.2, 0.25) is 5.02 Å². The molecule has 11 nitrogen and oxygen atoms in total. The Labute approximate surface area is 265 Å². The van der Waals surface area contributed by atoms with Crippen LogP contribution in [0.15, 0.2) is 43.0 Å². The number of benzene rings is 1. The molecule has 240 valence electrons. The standard InChI is InChI=1S/C29H28ClN7O2.C2HF3O2/c1-28(2)22-23(28)27(39)36(26(22)38)12-17-9-21-24(33-16-34-37(21)13-17)20-11-19(30)10-18-3-8-35(25(18)20)15-29(14-31)4-6-32-7-5-29;3-2(4,5)1(6)7/h3,8-11,13,16,22-23,32H,4-7,12,15H2,1-2H3;(H,6,7). The molecule has 2 unspecified atom stereocenters. The molecule has 3 fully saturated rings. The number of aliphatic carboxylic acids is 1. The van der Waals surface area contributed by atoms with E-state index in [0.717, 1.165) is 53.5 Å². The van der Waals surface area contributed by atoms with Crippen LogP contribution in [-0.2, 0) is 27.5 Å². The highest BCUT2D eigenvalue weighted by molar-refractivity contribution is 6.32. The third-order valence-corrected chi connectivity index (χ3v) is 9.51. The molecule has 2 saturated heterocycles. The van der Waals surface area contributed by atoms with Crippen LogP contribution in [0.1, 0.15) is 32.3 Å². The van der Waals surface area contributed by atoms with Crippen molar-refractivity contribution in [2.24, 2.45) is 22.7 Å². The predicted molar refractivity (Wildman–Crippen MR) is 159 cm³/mol. The topological polar surface area (TPSA) is 146 Å². The first kappa shape index (κ1) is 31.5. The zero-order valence-corrected chi connectivity index (χ0v) is 25.6. The van der Waals surface area contributed by atoms with Crippen LogP contribution in [0.3, 0.4) is 0 Å². The average molecular weight is 656 g/mol. The van der Waals surface area contributed by atoms with Gasteiger partial charge >= 0.3 is 12.1 Å². The molecule has 1 aliphatic carbocycles. The van der Waals surface area contributed by atoms with Gasteiger partial charge in [0.2, 0.25) is 11.8 Å². The second kappa shape index (κ2) is 11.1. The molecule has 3 aliphatic rings. The number of alkyl halides is 3. The molecule has 0 radical (unpaired) electrons. The van der Waals surface area contributed by atoms with E-state index in [9.17, 15) is 28.0 Å². The Morgan fingerprint density at radius 2 is 1.83 bits per heavy atom. The molecule has 0 bridgehead atoms. The summed E-state index contributed by atoms with van der Waals surface area (Å²) < 4.78 is 35.6. The maximum absolute atomic E-state index is 12.9. The van der Waals surface area contributed by atoms with Crippen molar-refractivity contribution in [2.45, 2.75) is 46.0 Å². The van der Waals surface area contributed by atoms with Crippen molar-refractivity contribution in [3.63, 3.8) is 0 Å². The van der Waals surface area contributed by atoms with Gasteiger partial charge in [0.05, 0.1) is 46.6 Å².